The van der Waals surface area contributed by atoms with E-state index in [-0.39, 0.29) is 23.3 Å². The van der Waals surface area contributed by atoms with Crippen molar-refractivity contribution in [3.63, 3.8) is 0 Å². The van der Waals surface area contributed by atoms with Gasteiger partial charge in [-0.2, -0.15) is 15.2 Å². The van der Waals surface area contributed by atoms with E-state index in [1.54, 1.807) is 4.80 Å². The number of tetrazole rings is 1. The molecule has 4 rings (SSSR count). The van der Waals surface area contributed by atoms with Crippen molar-refractivity contribution < 1.29 is 4.79 Å². The summed E-state index contributed by atoms with van der Waals surface area (Å²) in [6.07, 6.45) is 3.47. The topological polar surface area (TPSA) is 102 Å². The Morgan fingerprint density at radius 2 is 2.00 bits per heavy atom. The van der Waals surface area contributed by atoms with E-state index in [0.717, 1.165) is 29.8 Å². The van der Waals surface area contributed by atoms with Gasteiger partial charge in [-0.3, -0.25) is 9.48 Å². The molecule has 0 radical (unpaired) electrons. The molecule has 0 fully saturated rings. The Morgan fingerprint density at radius 1 is 1.29 bits per heavy atom. The van der Waals surface area contributed by atoms with E-state index in [1.165, 1.54) is 0 Å². The molecule has 2 unspecified atom stereocenters. The van der Waals surface area contributed by atoms with Gasteiger partial charge >= 0.3 is 0 Å². The first kappa shape index (κ1) is 18.5. The van der Waals surface area contributed by atoms with Crippen LogP contribution in [0.4, 0.5) is 0 Å². The molecule has 0 saturated heterocycles. The zero-order valence-corrected chi connectivity index (χ0v) is 17.2. The summed E-state index contributed by atoms with van der Waals surface area (Å²) >= 11 is 0. The number of aromatic nitrogens is 6. The van der Waals surface area contributed by atoms with Crippen molar-refractivity contribution in [3.05, 3.63) is 22.9 Å². The summed E-state index contributed by atoms with van der Waals surface area (Å²) < 4.78 is 1.81. The van der Waals surface area contributed by atoms with E-state index < -0.39 is 10.8 Å². The number of Topliss-reactive ketones (excluding diaryl/α,β-unsaturated/α-hetero) is 1. The number of nitriles is 1. The molecule has 0 amide bonds. The monoisotopic (exact) mass is 379 g/mol. The van der Waals surface area contributed by atoms with Gasteiger partial charge in [0.15, 0.2) is 5.78 Å². The lowest BCUT2D eigenvalue weighted by atomic mass is 9.52. The Balaban J connectivity index is 1.91. The molecule has 0 aliphatic heterocycles. The van der Waals surface area contributed by atoms with E-state index in [1.807, 2.05) is 45.5 Å². The van der Waals surface area contributed by atoms with Crippen molar-refractivity contribution in [1.29, 1.82) is 5.26 Å². The van der Waals surface area contributed by atoms with Gasteiger partial charge in [-0.05, 0) is 37.8 Å². The lowest BCUT2D eigenvalue weighted by Crippen LogP contribution is -2.51. The molecule has 0 saturated carbocycles. The number of nitrogens with zero attached hydrogens (tertiary/aromatic N) is 7. The molecule has 146 valence electrons. The third-order valence-corrected chi connectivity index (χ3v) is 6.43. The number of ketones is 1. The van der Waals surface area contributed by atoms with Crippen molar-refractivity contribution in [3.8, 4) is 17.6 Å². The van der Waals surface area contributed by atoms with Gasteiger partial charge in [-0.1, -0.05) is 26.8 Å². The zero-order valence-electron chi connectivity index (χ0n) is 17.2. The molecule has 8 nitrogen and oxygen atoms in total. The van der Waals surface area contributed by atoms with E-state index in [2.05, 4.69) is 28.4 Å². The van der Waals surface area contributed by atoms with E-state index in [9.17, 15) is 10.1 Å². The molecule has 2 atom stereocenters. The Morgan fingerprint density at radius 3 is 2.61 bits per heavy atom. The second kappa shape index (κ2) is 5.84. The minimum Gasteiger partial charge on any atom is -0.293 e. The largest absolute Gasteiger partial charge is 0.293 e. The lowest BCUT2D eigenvalue weighted by Gasteiger charge is -2.49. The fourth-order valence-corrected chi connectivity index (χ4v) is 5.04. The standard InChI is InChI=1S/C20H25N7O/c1-11(2)27-24-18(22-25-27)15-13-7-8-14-19(3,4)17(28)12(10-21)9-20(14,5)16(13)23-26(15)6/h9,11,14H,7-8H2,1-6H3. The quantitative estimate of drug-likeness (QED) is 0.794. The number of hydrogen-bond acceptors (Lipinski definition) is 6. The van der Waals surface area contributed by atoms with E-state index in [0.29, 0.717) is 5.82 Å². The Bertz CT molecular complexity index is 1050. The van der Waals surface area contributed by atoms with Gasteiger partial charge in [-0.25, -0.2) is 0 Å². The molecule has 2 aromatic rings. The number of carbonyl (C=O) groups is 1. The van der Waals surface area contributed by atoms with E-state index >= 15 is 0 Å². The van der Waals surface area contributed by atoms with Crippen molar-refractivity contribution in [2.45, 2.75) is 58.9 Å². The van der Waals surface area contributed by atoms with Gasteiger partial charge in [0.05, 0.1) is 17.3 Å². The summed E-state index contributed by atoms with van der Waals surface area (Å²) in [5.41, 5.74) is 2.00. The molecule has 2 aliphatic rings. The fraction of sp³-hybridized carbons (Fsp3) is 0.600. The highest BCUT2D eigenvalue weighted by Crippen LogP contribution is 2.55. The molecule has 0 bridgehead atoms. The molecule has 2 aromatic heterocycles. The van der Waals surface area contributed by atoms with Crippen LogP contribution in [0.2, 0.25) is 0 Å². The van der Waals surface area contributed by atoms with Crippen molar-refractivity contribution in [2.24, 2.45) is 18.4 Å². The normalized spacial score (nSPS) is 25.9. The summed E-state index contributed by atoms with van der Waals surface area (Å²) in [6.45, 7) is 10.0. The van der Waals surface area contributed by atoms with Crippen LogP contribution >= 0.6 is 0 Å². The summed E-state index contributed by atoms with van der Waals surface area (Å²) in [5.74, 6) is 0.570. The van der Waals surface area contributed by atoms with Crippen molar-refractivity contribution in [1.82, 2.24) is 30.0 Å². The first-order valence-corrected chi connectivity index (χ1v) is 9.65. The van der Waals surface area contributed by atoms with Crippen LogP contribution < -0.4 is 0 Å². The summed E-state index contributed by atoms with van der Waals surface area (Å²) in [7, 11) is 1.89. The van der Waals surface area contributed by atoms with Crippen LogP contribution in [0.3, 0.4) is 0 Å². The first-order valence-electron chi connectivity index (χ1n) is 9.65. The van der Waals surface area contributed by atoms with Crippen LogP contribution in [0.1, 0.15) is 58.3 Å². The number of aryl methyl sites for hydroxylation is 1. The van der Waals surface area contributed by atoms with Crippen molar-refractivity contribution >= 4 is 5.78 Å². The third-order valence-electron chi connectivity index (χ3n) is 6.43. The summed E-state index contributed by atoms with van der Waals surface area (Å²) in [4.78, 5) is 14.4. The van der Waals surface area contributed by atoms with Gasteiger partial charge in [0.2, 0.25) is 5.82 Å². The first-order chi connectivity index (χ1) is 13.1. The lowest BCUT2D eigenvalue weighted by molar-refractivity contribution is -0.128. The Hall–Kier alpha value is -2.82. The van der Waals surface area contributed by atoms with Crippen LogP contribution in [0.5, 0.6) is 0 Å². The molecule has 0 spiro atoms. The van der Waals surface area contributed by atoms with Crippen molar-refractivity contribution in [2.75, 3.05) is 0 Å². The average Bonchev–Trinajstić information content (AvgIpc) is 3.23. The van der Waals surface area contributed by atoms with Gasteiger partial charge < -0.3 is 0 Å². The number of allylic oxidation sites excluding steroid dienone is 2. The maximum Gasteiger partial charge on any atom is 0.223 e. The van der Waals surface area contributed by atoms with Gasteiger partial charge in [-0.15, -0.1) is 10.2 Å². The Labute approximate surface area is 164 Å². The summed E-state index contributed by atoms with van der Waals surface area (Å²) in [6, 6.07) is 2.23. The number of rotatable bonds is 2. The molecular formula is C20H25N7O. The summed E-state index contributed by atoms with van der Waals surface area (Å²) in [5, 5.41) is 27.3. The number of hydrogen-bond donors (Lipinski definition) is 0. The number of carbonyl (C=O) groups excluding carboxylic acids is 1. The predicted octanol–water partition coefficient (Wildman–Crippen LogP) is 2.53. The number of fused-ring (bicyclic) bond motifs is 3. The highest BCUT2D eigenvalue weighted by Gasteiger charge is 2.55. The molecule has 2 heterocycles. The zero-order chi connectivity index (χ0) is 20.4. The maximum absolute atomic E-state index is 12.8. The van der Waals surface area contributed by atoms with Gasteiger partial charge in [0.1, 0.15) is 11.8 Å². The molecule has 2 aliphatic carbocycles. The predicted molar refractivity (Wildman–Crippen MR) is 102 cm³/mol. The highest BCUT2D eigenvalue weighted by molar-refractivity contribution is 6.04. The van der Waals surface area contributed by atoms with Crippen LogP contribution in [0.25, 0.3) is 11.5 Å². The maximum atomic E-state index is 12.8. The highest BCUT2D eigenvalue weighted by atomic mass is 16.1. The fourth-order valence-electron chi connectivity index (χ4n) is 5.04. The molecular weight excluding hydrogens is 354 g/mol. The average molecular weight is 379 g/mol. The van der Waals surface area contributed by atoms with Gasteiger partial charge in [0.25, 0.3) is 0 Å². The van der Waals surface area contributed by atoms with Crippen LogP contribution in [0, 0.1) is 22.7 Å². The minimum atomic E-state index is -0.608. The molecule has 8 heteroatoms. The molecule has 28 heavy (non-hydrogen) atoms. The van der Waals surface area contributed by atoms with Crippen LogP contribution in [0.15, 0.2) is 11.6 Å². The Kier molecular flexibility index (Phi) is 3.86. The minimum absolute atomic E-state index is 0.0707. The molecule has 0 aromatic carbocycles. The van der Waals surface area contributed by atoms with Gasteiger partial charge in [0, 0.05) is 23.4 Å². The second-order valence-corrected chi connectivity index (χ2v) is 8.92. The molecule has 0 N–H and O–H groups in total. The third kappa shape index (κ3) is 2.32. The van der Waals surface area contributed by atoms with E-state index in [4.69, 9.17) is 5.10 Å². The smallest absolute Gasteiger partial charge is 0.223 e. The van der Waals surface area contributed by atoms with Crippen LogP contribution in [-0.2, 0) is 23.7 Å². The van der Waals surface area contributed by atoms with Crippen LogP contribution in [-0.4, -0.2) is 35.8 Å². The SMILES string of the molecule is CC(C)n1nnc(-c2c3c(nn2C)C2(C)C=C(C#N)C(=O)C(C)(C)C2CC3)n1. The second-order valence-electron chi connectivity index (χ2n) is 8.92.